The van der Waals surface area contributed by atoms with Gasteiger partial charge in [0.15, 0.2) is 11.0 Å². The van der Waals surface area contributed by atoms with Crippen LogP contribution in [0.3, 0.4) is 0 Å². The van der Waals surface area contributed by atoms with Crippen LogP contribution in [0.15, 0.2) is 34.8 Å². The molecule has 23 heavy (non-hydrogen) atoms. The van der Waals surface area contributed by atoms with Crippen LogP contribution in [-0.2, 0) is 17.1 Å². The van der Waals surface area contributed by atoms with Gasteiger partial charge in [0.1, 0.15) is 0 Å². The highest BCUT2D eigenvalue weighted by atomic mass is 35.5. The SMILES string of the molecule is NC(=O)CCn1c(SCc2ccc(Cl)s2)nnc1-c1cccs1. The van der Waals surface area contributed by atoms with Gasteiger partial charge in [0.2, 0.25) is 5.91 Å². The zero-order valence-electron chi connectivity index (χ0n) is 11.9. The molecule has 0 radical (unpaired) electrons. The van der Waals surface area contributed by atoms with E-state index in [4.69, 9.17) is 17.3 Å². The number of carbonyl (C=O) groups is 1. The Balaban J connectivity index is 1.82. The first kappa shape index (κ1) is 16.5. The highest BCUT2D eigenvalue weighted by Crippen LogP contribution is 2.31. The number of carbonyl (C=O) groups excluding carboxylic acids is 1. The van der Waals surface area contributed by atoms with Gasteiger partial charge in [-0.25, -0.2) is 0 Å². The molecular weight excluding hydrogens is 372 g/mol. The highest BCUT2D eigenvalue weighted by Gasteiger charge is 2.16. The number of nitrogens with zero attached hydrogens (tertiary/aromatic N) is 3. The molecule has 0 bridgehead atoms. The standard InChI is InChI=1S/C14H13ClN4OS3/c15-11-4-3-9(23-11)8-22-14-18-17-13(10-2-1-7-21-10)19(14)6-5-12(16)20/h1-4,7H,5-6,8H2,(H2,16,20). The maximum absolute atomic E-state index is 11.1. The van der Waals surface area contributed by atoms with Crippen molar-refractivity contribution >= 4 is 51.9 Å². The third-order valence-corrected chi connectivity index (χ3v) is 6.31. The molecule has 3 rings (SSSR count). The van der Waals surface area contributed by atoms with Crippen LogP contribution in [0.2, 0.25) is 4.34 Å². The third-order valence-electron chi connectivity index (χ3n) is 3.01. The number of rotatable bonds is 7. The first-order chi connectivity index (χ1) is 11.1. The van der Waals surface area contributed by atoms with Crippen molar-refractivity contribution in [2.45, 2.75) is 23.9 Å². The summed E-state index contributed by atoms with van der Waals surface area (Å²) in [4.78, 5) is 13.3. The summed E-state index contributed by atoms with van der Waals surface area (Å²) in [5.41, 5.74) is 5.29. The number of hydrogen-bond donors (Lipinski definition) is 1. The minimum Gasteiger partial charge on any atom is -0.370 e. The van der Waals surface area contributed by atoms with Gasteiger partial charge in [-0.3, -0.25) is 4.79 Å². The lowest BCUT2D eigenvalue weighted by Crippen LogP contribution is -2.14. The van der Waals surface area contributed by atoms with Crippen molar-refractivity contribution in [3.63, 3.8) is 0 Å². The smallest absolute Gasteiger partial charge is 0.219 e. The molecule has 3 aromatic rings. The number of amides is 1. The van der Waals surface area contributed by atoms with Gasteiger partial charge in [0.05, 0.1) is 9.21 Å². The van der Waals surface area contributed by atoms with Crippen LogP contribution in [0, 0.1) is 0 Å². The van der Waals surface area contributed by atoms with E-state index >= 15 is 0 Å². The zero-order chi connectivity index (χ0) is 16.2. The summed E-state index contributed by atoms with van der Waals surface area (Å²) in [7, 11) is 0. The Kier molecular flexibility index (Phi) is 5.37. The molecule has 0 saturated carbocycles. The monoisotopic (exact) mass is 384 g/mol. The predicted octanol–water partition coefficient (Wildman–Crippen LogP) is 3.89. The number of thioether (sulfide) groups is 1. The van der Waals surface area contributed by atoms with Crippen LogP contribution in [0.5, 0.6) is 0 Å². The normalized spacial score (nSPS) is 11.0. The second-order valence-corrected chi connectivity index (χ2v) is 8.34. The summed E-state index contributed by atoms with van der Waals surface area (Å²) in [6.07, 6.45) is 0.259. The first-order valence-electron chi connectivity index (χ1n) is 6.76. The van der Waals surface area contributed by atoms with Crippen LogP contribution >= 0.6 is 46.0 Å². The van der Waals surface area contributed by atoms with Crippen molar-refractivity contribution in [3.05, 3.63) is 38.9 Å². The fourth-order valence-electron chi connectivity index (χ4n) is 1.97. The lowest BCUT2D eigenvalue weighted by molar-refractivity contribution is -0.118. The van der Waals surface area contributed by atoms with Gasteiger partial charge in [0, 0.05) is 23.6 Å². The van der Waals surface area contributed by atoms with E-state index in [1.54, 1.807) is 34.4 Å². The lowest BCUT2D eigenvalue weighted by atomic mass is 10.4. The van der Waals surface area contributed by atoms with Crippen LogP contribution in [0.1, 0.15) is 11.3 Å². The highest BCUT2D eigenvalue weighted by molar-refractivity contribution is 7.98. The molecule has 0 aliphatic carbocycles. The Labute approximate surface area is 150 Å². The topological polar surface area (TPSA) is 73.8 Å². The van der Waals surface area contributed by atoms with Crippen LogP contribution in [0.4, 0.5) is 0 Å². The summed E-state index contributed by atoms with van der Waals surface area (Å²) < 4.78 is 2.73. The van der Waals surface area contributed by atoms with Gasteiger partial charge in [-0.1, -0.05) is 29.4 Å². The van der Waals surface area contributed by atoms with E-state index in [0.717, 1.165) is 25.9 Å². The quantitative estimate of drug-likeness (QED) is 0.627. The Bertz CT molecular complexity index is 797. The number of aromatic nitrogens is 3. The summed E-state index contributed by atoms with van der Waals surface area (Å²) in [6.45, 7) is 0.475. The zero-order valence-corrected chi connectivity index (χ0v) is 15.1. The molecule has 3 heterocycles. The molecule has 5 nitrogen and oxygen atoms in total. The first-order valence-corrected chi connectivity index (χ1v) is 9.82. The van der Waals surface area contributed by atoms with E-state index < -0.39 is 0 Å². The Morgan fingerprint density at radius 3 is 2.87 bits per heavy atom. The van der Waals surface area contributed by atoms with Crippen molar-refractivity contribution in [1.82, 2.24) is 14.8 Å². The van der Waals surface area contributed by atoms with Crippen LogP contribution in [-0.4, -0.2) is 20.7 Å². The van der Waals surface area contributed by atoms with Crippen molar-refractivity contribution in [2.24, 2.45) is 5.73 Å². The molecule has 0 aliphatic rings. The van der Waals surface area contributed by atoms with Crippen molar-refractivity contribution in [1.29, 1.82) is 0 Å². The minimum atomic E-state index is -0.336. The molecule has 0 fully saturated rings. The van der Waals surface area contributed by atoms with Crippen LogP contribution in [0.25, 0.3) is 10.7 Å². The fraction of sp³-hybridized carbons (Fsp3) is 0.214. The average molecular weight is 385 g/mol. The average Bonchev–Trinajstić information content (AvgIpc) is 3.23. The maximum atomic E-state index is 11.1. The maximum Gasteiger partial charge on any atom is 0.219 e. The molecule has 0 atom stereocenters. The minimum absolute atomic E-state index is 0.259. The molecule has 0 unspecified atom stereocenters. The molecule has 0 saturated heterocycles. The van der Waals surface area contributed by atoms with Gasteiger partial charge < -0.3 is 10.3 Å². The molecule has 0 aromatic carbocycles. The Hall–Kier alpha value is -1.35. The molecule has 0 spiro atoms. The van der Waals surface area contributed by atoms with Crippen LogP contribution < -0.4 is 5.73 Å². The fourth-order valence-corrected chi connectivity index (χ4v) is 4.78. The van der Waals surface area contributed by atoms with E-state index in [1.807, 2.05) is 34.2 Å². The molecule has 1 amide bonds. The van der Waals surface area contributed by atoms with E-state index in [0.29, 0.717) is 6.54 Å². The predicted molar refractivity (Wildman–Crippen MR) is 96.0 cm³/mol. The van der Waals surface area contributed by atoms with Crippen molar-refractivity contribution < 1.29 is 4.79 Å². The van der Waals surface area contributed by atoms with Gasteiger partial charge in [-0.2, -0.15) is 0 Å². The lowest BCUT2D eigenvalue weighted by Gasteiger charge is -2.07. The van der Waals surface area contributed by atoms with E-state index in [-0.39, 0.29) is 12.3 Å². The second-order valence-electron chi connectivity index (χ2n) is 4.65. The summed E-state index contributed by atoms with van der Waals surface area (Å²) in [5, 5.41) is 11.3. The number of nitrogens with two attached hydrogens (primary N) is 1. The molecule has 120 valence electrons. The van der Waals surface area contributed by atoms with Gasteiger partial charge in [0.25, 0.3) is 0 Å². The number of halogens is 1. The molecule has 3 aromatic heterocycles. The summed E-state index contributed by atoms with van der Waals surface area (Å²) in [6, 6.07) is 7.85. The Morgan fingerprint density at radius 1 is 1.35 bits per heavy atom. The number of hydrogen-bond acceptors (Lipinski definition) is 6. The number of thiophene rings is 2. The van der Waals surface area contributed by atoms with Crippen molar-refractivity contribution in [3.8, 4) is 10.7 Å². The molecular formula is C14H13ClN4OS3. The number of primary amides is 1. The van der Waals surface area contributed by atoms with E-state index in [9.17, 15) is 4.79 Å². The van der Waals surface area contributed by atoms with E-state index in [1.165, 1.54) is 4.88 Å². The van der Waals surface area contributed by atoms with Gasteiger partial charge >= 0.3 is 0 Å². The van der Waals surface area contributed by atoms with E-state index in [2.05, 4.69) is 10.2 Å². The second kappa shape index (κ2) is 7.48. The third kappa shape index (κ3) is 4.14. The molecule has 2 N–H and O–H groups in total. The molecule has 9 heteroatoms. The molecule has 0 aliphatic heterocycles. The Morgan fingerprint density at radius 2 is 2.22 bits per heavy atom. The summed E-state index contributed by atoms with van der Waals surface area (Å²) >= 11 is 10.7. The van der Waals surface area contributed by atoms with Gasteiger partial charge in [-0.15, -0.1) is 32.9 Å². The van der Waals surface area contributed by atoms with Crippen molar-refractivity contribution in [2.75, 3.05) is 0 Å². The summed E-state index contributed by atoms with van der Waals surface area (Å²) in [5.74, 6) is 1.20. The largest absolute Gasteiger partial charge is 0.370 e. The van der Waals surface area contributed by atoms with Gasteiger partial charge in [-0.05, 0) is 23.6 Å².